The van der Waals surface area contributed by atoms with Crippen molar-refractivity contribution in [3.05, 3.63) is 424 Å². The maximum absolute atomic E-state index is 9.29. The zero-order valence-electron chi connectivity index (χ0n) is 53.6. The molecule has 6 heteroatoms. The second-order valence-electron chi connectivity index (χ2n) is 22.3. The summed E-state index contributed by atoms with van der Waals surface area (Å²) in [5.41, 5.74) is 4.12. The monoisotopic (exact) mass is 1390 g/mol. The van der Waals surface area contributed by atoms with Crippen LogP contribution >= 0.6 is 31.7 Å². The van der Waals surface area contributed by atoms with Crippen molar-refractivity contribution in [3.8, 4) is 17.2 Å². The van der Waals surface area contributed by atoms with E-state index in [9.17, 15) is 5.26 Å². The van der Waals surface area contributed by atoms with Gasteiger partial charge in [0.15, 0.2) is 0 Å². The van der Waals surface area contributed by atoms with E-state index in [0.29, 0.717) is 5.92 Å². The number of rotatable bonds is 15. The summed E-state index contributed by atoms with van der Waals surface area (Å²) < 4.78 is 0. The van der Waals surface area contributed by atoms with Gasteiger partial charge in [-0.15, -0.1) is 0 Å². The Morgan fingerprint density at radius 1 is 0.242 bits per heavy atom. The van der Waals surface area contributed by atoms with Gasteiger partial charge in [-0.1, -0.05) is 420 Å². The first-order chi connectivity index (χ1) is 46.5. The van der Waals surface area contributed by atoms with Crippen LogP contribution in [0, 0.1) is 17.2 Å². The van der Waals surface area contributed by atoms with Crippen LogP contribution in [0.1, 0.15) is 25.0 Å². The van der Waals surface area contributed by atoms with Crippen molar-refractivity contribution >= 4 is 95.3 Å². The number of hydrogen-bond acceptors (Lipinski definition) is 1. The summed E-state index contributed by atoms with van der Waals surface area (Å²) in [6.45, 7) is 4.38. The minimum atomic E-state index is -0.446. The van der Waals surface area contributed by atoms with E-state index >= 15 is 0 Å². The molecule has 95 heavy (non-hydrogen) atoms. The summed E-state index contributed by atoms with van der Waals surface area (Å²) in [5, 5.41) is 26.1. The third kappa shape index (κ3) is 21.2. The number of benzene rings is 14. The van der Waals surface area contributed by atoms with Crippen molar-refractivity contribution in [2.24, 2.45) is 5.92 Å². The Bertz CT molecular complexity index is 3540. The predicted molar refractivity (Wildman–Crippen MR) is 416 cm³/mol. The molecule has 0 atom stereocenters. The van der Waals surface area contributed by atoms with Gasteiger partial charge < -0.3 is 0 Å². The molecule has 0 bridgehead atoms. The number of hydrogen-bond donors (Lipinski definition) is 0. The number of nitrogens with zero attached hydrogens (tertiary/aromatic N) is 1. The molecule has 0 aromatic heterocycles. The van der Waals surface area contributed by atoms with Gasteiger partial charge in [0, 0.05) is 20.4 Å². The molecular weight excluding hydrogens is 1310 g/mol. The first kappa shape index (κ1) is 70.3. The molecule has 0 aliphatic rings. The van der Waals surface area contributed by atoms with Crippen molar-refractivity contribution in [1.82, 2.24) is 0 Å². The van der Waals surface area contributed by atoms with Gasteiger partial charge in [-0.3, -0.25) is 0 Å². The fourth-order valence-corrected chi connectivity index (χ4v) is 20.1. The smallest absolute Gasteiger partial charge is 0.0998 e. The van der Waals surface area contributed by atoms with Crippen LogP contribution in [0.5, 0.6) is 0 Å². The Morgan fingerprint density at radius 2 is 0.411 bits per heavy atom. The van der Waals surface area contributed by atoms with E-state index in [2.05, 4.69) is 396 Å². The Morgan fingerprint density at radius 3 is 0.568 bits per heavy atom. The zero-order valence-corrected chi connectivity index (χ0v) is 58.7. The molecule has 14 aromatic carbocycles. The van der Waals surface area contributed by atoms with Gasteiger partial charge in [-0.05, 0) is 130 Å². The molecule has 14 rings (SSSR count). The molecule has 0 saturated carbocycles. The zero-order chi connectivity index (χ0) is 64.6. The van der Waals surface area contributed by atoms with E-state index in [-0.39, 0.29) is 20.4 Å². The fourth-order valence-electron chi connectivity index (χ4n) is 10.9. The molecule has 0 aliphatic heterocycles. The predicted octanol–water partition coefficient (Wildman–Crippen LogP) is 18.2. The normalized spacial score (nSPS) is 10.4. The van der Waals surface area contributed by atoms with Gasteiger partial charge in [0.2, 0.25) is 0 Å². The van der Waals surface area contributed by atoms with Crippen LogP contribution in [0.2, 0.25) is 0 Å². The summed E-state index contributed by atoms with van der Waals surface area (Å²) in [6, 6.07) is 148. The summed E-state index contributed by atoms with van der Waals surface area (Å²) in [7, 11) is -1.78. The van der Waals surface area contributed by atoms with E-state index in [0.717, 1.165) is 23.1 Å². The van der Waals surface area contributed by atoms with Crippen LogP contribution < -0.4 is 63.7 Å². The Balaban J connectivity index is 0.000000139. The van der Waals surface area contributed by atoms with Crippen molar-refractivity contribution in [2.45, 2.75) is 20.3 Å². The van der Waals surface area contributed by atoms with Crippen LogP contribution in [0.15, 0.2) is 413 Å². The Kier molecular flexibility index (Phi) is 28.8. The molecule has 0 saturated heterocycles. The average molecular weight is 1390 g/mol. The Labute approximate surface area is 583 Å². The second-order valence-corrected chi connectivity index (χ2v) is 31.2. The van der Waals surface area contributed by atoms with Crippen molar-refractivity contribution < 1.29 is 20.4 Å². The van der Waals surface area contributed by atoms with Crippen molar-refractivity contribution in [2.75, 3.05) is 0 Å². The quantitative estimate of drug-likeness (QED) is 0.0741. The standard InChI is InChI=1S/4C18H15P.C17H17N.Pd/c4*1-4-10-16(11-5-1)19(17-12-6-2-7-13-17)18-14-8-3-9-15-18;1-13(2)10-14-8-9-17(16(11-14)12-18)15-6-4-3-5-7-15;/h4*1-15H;3-9,11,13H,10H2,1-2H3;. The molecule has 0 unspecified atom stereocenters. The molecule has 0 fully saturated rings. The molecular formula is C89H77NP4Pd. The van der Waals surface area contributed by atoms with Gasteiger partial charge in [0.1, 0.15) is 0 Å². The minimum Gasteiger partial charge on any atom is -0.192 e. The average Bonchev–Trinajstić information content (AvgIpc) is 2.11. The van der Waals surface area contributed by atoms with Crippen LogP contribution in [0.3, 0.4) is 0 Å². The van der Waals surface area contributed by atoms with E-state index in [1.54, 1.807) is 0 Å². The molecule has 0 radical (unpaired) electrons. The number of nitriles is 1. The fraction of sp³-hybridized carbons (Fsp3) is 0.0449. The van der Waals surface area contributed by atoms with Gasteiger partial charge in [-0.2, -0.15) is 5.26 Å². The van der Waals surface area contributed by atoms with Crippen LogP contribution in [-0.2, 0) is 26.8 Å². The minimum absolute atomic E-state index is 0. The molecule has 0 amide bonds. The summed E-state index contributed by atoms with van der Waals surface area (Å²) in [6.07, 6.45) is 1.02. The van der Waals surface area contributed by atoms with E-state index in [1.807, 2.05) is 36.4 Å². The van der Waals surface area contributed by atoms with Gasteiger partial charge in [0.25, 0.3) is 0 Å². The molecule has 468 valence electrons. The molecule has 0 spiro atoms. The van der Waals surface area contributed by atoms with Crippen molar-refractivity contribution in [3.63, 3.8) is 0 Å². The van der Waals surface area contributed by atoms with Crippen LogP contribution in [0.4, 0.5) is 0 Å². The van der Waals surface area contributed by atoms with Gasteiger partial charge in [0.05, 0.1) is 11.6 Å². The van der Waals surface area contributed by atoms with Crippen molar-refractivity contribution in [1.29, 1.82) is 5.26 Å². The third-order valence-electron chi connectivity index (χ3n) is 15.1. The van der Waals surface area contributed by atoms with Gasteiger partial charge >= 0.3 is 0 Å². The molecule has 0 heterocycles. The summed E-state index contributed by atoms with van der Waals surface area (Å²) in [5.74, 6) is 0.610. The largest absolute Gasteiger partial charge is 0.192 e. The van der Waals surface area contributed by atoms with E-state index < -0.39 is 31.7 Å². The topological polar surface area (TPSA) is 23.8 Å². The first-order valence-electron chi connectivity index (χ1n) is 31.9. The molecule has 0 N–H and O–H groups in total. The first-order valence-corrected chi connectivity index (χ1v) is 37.3. The van der Waals surface area contributed by atoms with Crippen LogP contribution in [-0.4, -0.2) is 0 Å². The maximum atomic E-state index is 9.29. The third-order valence-corrected chi connectivity index (χ3v) is 24.9. The van der Waals surface area contributed by atoms with E-state index in [4.69, 9.17) is 0 Å². The summed E-state index contributed by atoms with van der Waals surface area (Å²) >= 11 is 0. The summed E-state index contributed by atoms with van der Waals surface area (Å²) in [4.78, 5) is 0. The maximum Gasteiger partial charge on any atom is 0.0998 e. The van der Waals surface area contributed by atoms with Gasteiger partial charge in [-0.25, -0.2) is 0 Å². The Hall–Kier alpha value is -9.05. The molecule has 0 aliphatic carbocycles. The van der Waals surface area contributed by atoms with Crippen LogP contribution in [0.25, 0.3) is 11.1 Å². The second kappa shape index (κ2) is 39.0. The molecule has 14 aromatic rings. The SMILES string of the molecule is CC(C)Cc1ccc(-c2ccccc2)c(C#N)c1.[Pd].c1ccc(P(c2ccccc2)c2ccccc2)cc1.c1ccc(P(c2ccccc2)c2ccccc2)cc1.c1ccc(P(c2ccccc2)c2ccccc2)cc1.c1ccc(P(c2ccccc2)c2ccccc2)cc1. The molecule has 1 nitrogen and oxygen atoms in total. The van der Waals surface area contributed by atoms with E-state index in [1.165, 1.54) is 69.2 Å².